The predicted octanol–water partition coefficient (Wildman–Crippen LogP) is 3.88. The first kappa shape index (κ1) is 11.9. The van der Waals surface area contributed by atoms with E-state index in [2.05, 4.69) is 48.5 Å². The van der Waals surface area contributed by atoms with E-state index in [0.717, 1.165) is 6.42 Å². The summed E-state index contributed by atoms with van der Waals surface area (Å²) in [6.07, 6.45) is 0.869. The molecule has 17 heavy (non-hydrogen) atoms. The Morgan fingerprint density at radius 3 is 1.59 bits per heavy atom. The van der Waals surface area contributed by atoms with Crippen LogP contribution in [0.4, 0.5) is 0 Å². The third kappa shape index (κ3) is 3.18. The van der Waals surface area contributed by atoms with Crippen molar-refractivity contribution in [2.75, 3.05) is 0 Å². The lowest BCUT2D eigenvalue weighted by Gasteiger charge is -2.19. The molecule has 87 valence electrons. The van der Waals surface area contributed by atoms with Crippen LogP contribution in [-0.4, -0.2) is 6.04 Å². The van der Waals surface area contributed by atoms with Crippen LogP contribution in [0.25, 0.3) is 0 Å². The van der Waals surface area contributed by atoms with Gasteiger partial charge in [0, 0.05) is 12.0 Å². The largest absolute Gasteiger partial charge is 0.255 e. The molecule has 2 aromatic rings. The number of nitrogens with one attached hydrogen (secondary N) is 1. The van der Waals surface area contributed by atoms with Crippen molar-refractivity contribution in [1.82, 2.24) is 5.73 Å². The number of hydrogen-bond acceptors (Lipinski definition) is 0. The Bertz CT molecular complexity index is 394. The van der Waals surface area contributed by atoms with E-state index in [1.807, 2.05) is 19.1 Å². The summed E-state index contributed by atoms with van der Waals surface area (Å²) in [6.45, 7) is 1.96. The van der Waals surface area contributed by atoms with Crippen LogP contribution in [0.1, 0.15) is 30.4 Å². The van der Waals surface area contributed by atoms with Crippen LogP contribution in [0, 0.1) is 0 Å². The summed E-state index contributed by atoms with van der Waals surface area (Å²) >= 11 is 0. The summed E-state index contributed by atoms with van der Waals surface area (Å²) in [5.41, 5.74) is 10.4. The molecule has 0 bridgehead atoms. The van der Waals surface area contributed by atoms with Gasteiger partial charge in [0.05, 0.1) is 0 Å². The van der Waals surface area contributed by atoms with Gasteiger partial charge in [0.2, 0.25) is 0 Å². The molecule has 2 aromatic carbocycles. The maximum Gasteiger partial charge on any atom is 0.0193 e. The first-order valence-electron chi connectivity index (χ1n) is 6.08. The average molecular weight is 224 g/mol. The molecule has 2 rings (SSSR count). The number of benzene rings is 2. The molecular weight excluding hydrogens is 206 g/mol. The Kier molecular flexibility index (Phi) is 3.94. The molecule has 0 fully saturated rings. The van der Waals surface area contributed by atoms with Gasteiger partial charge in [-0.3, -0.25) is 5.73 Å². The lowest BCUT2D eigenvalue weighted by Crippen LogP contribution is -2.11. The van der Waals surface area contributed by atoms with Crippen molar-refractivity contribution in [3.8, 4) is 0 Å². The van der Waals surface area contributed by atoms with Gasteiger partial charge in [0.25, 0.3) is 0 Å². The van der Waals surface area contributed by atoms with Gasteiger partial charge in [-0.2, -0.15) is 0 Å². The highest BCUT2D eigenvalue weighted by Gasteiger charge is 2.15. The SMILES string of the molecule is CC([NH])CC(c1ccccc1)c1ccccc1. The second-order valence-corrected chi connectivity index (χ2v) is 4.51. The first-order chi connectivity index (χ1) is 8.27. The van der Waals surface area contributed by atoms with E-state index in [1.165, 1.54) is 11.1 Å². The molecular formula is C16H18N. The zero-order chi connectivity index (χ0) is 12.1. The molecule has 1 N–H and O–H groups in total. The number of hydrogen-bond donors (Lipinski definition) is 0. The van der Waals surface area contributed by atoms with Crippen LogP contribution in [0.2, 0.25) is 0 Å². The van der Waals surface area contributed by atoms with Crippen molar-refractivity contribution in [1.29, 1.82) is 0 Å². The van der Waals surface area contributed by atoms with E-state index < -0.39 is 0 Å². The van der Waals surface area contributed by atoms with E-state index in [1.54, 1.807) is 0 Å². The van der Waals surface area contributed by atoms with Crippen molar-refractivity contribution in [2.24, 2.45) is 0 Å². The second kappa shape index (κ2) is 5.65. The molecule has 0 aromatic heterocycles. The monoisotopic (exact) mass is 224 g/mol. The van der Waals surface area contributed by atoms with Crippen molar-refractivity contribution in [2.45, 2.75) is 25.3 Å². The fraction of sp³-hybridized carbons (Fsp3) is 0.250. The highest BCUT2D eigenvalue weighted by molar-refractivity contribution is 5.32. The molecule has 1 radical (unpaired) electrons. The lowest BCUT2D eigenvalue weighted by molar-refractivity contribution is 0.595. The molecule has 0 heterocycles. The van der Waals surface area contributed by atoms with Crippen LogP contribution in [0.3, 0.4) is 0 Å². The summed E-state index contributed by atoms with van der Waals surface area (Å²) < 4.78 is 0. The summed E-state index contributed by atoms with van der Waals surface area (Å²) in [4.78, 5) is 0. The molecule has 0 saturated carbocycles. The normalized spacial score (nSPS) is 12.6. The maximum absolute atomic E-state index is 7.81. The fourth-order valence-electron chi connectivity index (χ4n) is 2.19. The van der Waals surface area contributed by atoms with Crippen LogP contribution < -0.4 is 5.73 Å². The average Bonchev–Trinajstić information content (AvgIpc) is 2.38. The van der Waals surface area contributed by atoms with Crippen LogP contribution in [0.15, 0.2) is 60.7 Å². The molecule has 1 atom stereocenters. The molecule has 1 nitrogen and oxygen atoms in total. The third-order valence-electron chi connectivity index (χ3n) is 2.99. The van der Waals surface area contributed by atoms with Crippen molar-refractivity contribution >= 4 is 0 Å². The summed E-state index contributed by atoms with van der Waals surface area (Å²) in [6, 6.07) is 20.9. The van der Waals surface area contributed by atoms with Crippen LogP contribution in [0.5, 0.6) is 0 Å². The van der Waals surface area contributed by atoms with E-state index in [9.17, 15) is 0 Å². The van der Waals surface area contributed by atoms with Gasteiger partial charge in [-0.15, -0.1) is 0 Å². The smallest absolute Gasteiger partial charge is 0.0193 e. The van der Waals surface area contributed by atoms with Crippen molar-refractivity contribution in [3.05, 3.63) is 71.8 Å². The van der Waals surface area contributed by atoms with Crippen LogP contribution in [-0.2, 0) is 0 Å². The minimum absolute atomic E-state index is 0.0413. The van der Waals surface area contributed by atoms with Gasteiger partial charge in [-0.25, -0.2) is 0 Å². The molecule has 0 aliphatic heterocycles. The molecule has 0 aliphatic carbocycles. The highest BCUT2D eigenvalue weighted by atomic mass is 14.6. The summed E-state index contributed by atoms with van der Waals surface area (Å²) in [7, 11) is 0. The van der Waals surface area contributed by atoms with Gasteiger partial charge in [0.15, 0.2) is 0 Å². The molecule has 0 saturated heterocycles. The van der Waals surface area contributed by atoms with Gasteiger partial charge in [-0.05, 0) is 24.5 Å². The molecule has 0 amide bonds. The minimum Gasteiger partial charge on any atom is -0.255 e. The Labute approximate surface area is 103 Å². The van der Waals surface area contributed by atoms with Gasteiger partial charge < -0.3 is 0 Å². The predicted molar refractivity (Wildman–Crippen MR) is 71.9 cm³/mol. The Morgan fingerprint density at radius 2 is 1.24 bits per heavy atom. The van der Waals surface area contributed by atoms with E-state index in [4.69, 9.17) is 5.73 Å². The van der Waals surface area contributed by atoms with Gasteiger partial charge >= 0.3 is 0 Å². The Hall–Kier alpha value is -1.60. The zero-order valence-corrected chi connectivity index (χ0v) is 10.1. The zero-order valence-electron chi connectivity index (χ0n) is 10.1. The van der Waals surface area contributed by atoms with E-state index in [0.29, 0.717) is 5.92 Å². The highest BCUT2D eigenvalue weighted by Crippen LogP contribution is 2.28. The third-order valence-corrected chi connectivity index (χ3v) is 2.99. The van der Waals surface area contributed by atoms with E-state index in [-0.39, 0.29) is 6.04 Å². The quantitative estimate of drug-likeness (QED) is 0.752. The summed E-state index contributed by atoms with van der Waals surface area (Å²) in [5.74, 6) is 0.338. The standard InChI is InChI=1S/C16H18N/c1-13(17)12-16(14-8-4-2-5-9-14)15-10-6-3-7-11-15/h2-11,13,16-17H,12H2,1H3. The van der Waals surface area contributed by atoms with Crippen molar-refractivity contribution in [3.63, 3.8) is 0 Å². The van der Waals surface area contributed by atoms with Crippen LogP contribution >= 0.6 is 0 Å². The second-order valence-electron chi connectivity index (χ2n) is 4.51. The molecule has 0 aliphatic rings. The molecule has 0 spiro atoms. The first-order valence-corrected chi connectivity index (χ1v) is 6.08. The number of rotatable bonds is 4. The summed E-state index contributed by atoms with van der Waals surface area (Å²) in [5, 5.41) is 0. The minimum atomic E-state index is -0.0413. The Balaban J connectivity index is 2.32. The van der Waals surface area contributed by atoms with Gasteiger partial charge in [0.1, 0.15) is 0 Å². The Morgan fingerprint density at radius 1 is 0.824 bits per heavy atom. The van der Waals surface area contributed by atoms with Crippen molar-refractivity contribution < 1.29 is 0 Å². The van der Waals surface area contributed by atoms with Gasteiger partial charge in [-0.1, -0.05) is 60.7 Å². The fourth-order valence-corrected chi connectivity index (χ4v) is 2.19. The molecule has 1 unspecified atom stereocenters. The lowest BCUT2D eigenvalue weighted by atomic mass is 9.86. The maximum atomic E-state index is 7.81. The van der Waals surface area contributed by atoms with E-state index >= 15 is 0 Å². The topological polar surface area (TPSA) is 23.8 Å². The molecule has 1 heteroatoms.